The molecule has 4 rings (SSSR count). The van der Waals surface area contributed by atoms with Gasteiger partial charge in [0.25, 0.3) is 0 Å². The van der Waals surface area contributed by atoms with Crippen molar-refractivity contribution >= 4 is 34.7 Å². The summed E-state index contributed by atoms with van der Waals surface area (Å²) in [5.74, 6) is 0.283. The molecular weight excluding hydrogens is 419 g/mol. The predicted molar refractivity (Wildman–Crippen MR) is 118 cm³/mol. The van der Waals surface area contributed by atoms with Crippen LogP contribution < -0.4 is 5.32 Å². The van der Waals surface area contributed by atoms with Gasteiger partial charge in [-0.25, -0.2) is 4.39 Å². The fourth-order valence-electron chi connectivity index (χ4n) is 2.92. The summed E-state index contributed by atoms with van der Waals surface area (Å²) in [4.78, 5) is 14.3. The number of rotatable bonds is 7. The number of carbonyl (C=O) groups is 1. The van der Waals surface area contributed by atoms with Crippen molar-refractivity contribution in [3.05, 3.63) is 94.2 Å². The SMILES string of the molecule is Cn1c(Cc2cccs2)nnc1S[C@@H](C(=O)Nc1ccc(F)cc1)c1ccccc1. The lowest BCUT2D eigenvalue weighted by atomic mass is 10.1. The summed E-state index contributed by atoms with van der Waals surface area (Å²) in [6.07, 6.45) is 0.694. The molecule has 0 aliphatic carbocycles. The maximum atomic E-state index is 13.2. The van der Waals surface area contributed by atoms with E-state index in [1.165, 1.54) is 28.8 Å². The molecule has 5 nitrogen and oxygen atoms in total. The van der Waals surface area contributed by atoms with Crippen molar-refractivity contribution < 1.29 is 9.18 Å². The second kappa shape index (κ2) is 9.23. The number of anilines is 1. The number of halogens is 1. The number of hydrogen-bond acceptors (Lipinski definition) is 5. The average Bonchev–Trinajstić information content (AvgIpc) is 3.39. The molecule has 0 radical (unpaired) electrons. The zero-order valence-electron chi connectivity index (χ0n) is 16.2. The molecule has 30 heavy (non-hydrogen) atoms. The van der Waals surface area contributed by atoms with Crippen LogP contribution in [0.4, 0.5) is 10.1 Å². The Morgan fingerprint density at radius 2 is 1.87 bits per heavy atom. The van der Waals surface area contributed by atoms with Gasteiger partial charge < -0.3 is 9.88 Å². The van der Waals surface area contributed by atoms with Gasteiger partial charge in [0, 0.05) is 24.0 Å². The minimum absolute atomic E-state index is 0.208. The summed E-state index contributed by atoms with van der Waals surface area (Å²) in [5, 5.41) is 13.7. The van der Waals surface area contributed by atoms with Crippen molar-refractivity contribution in [2.45, 2.75) is 16.8 Å². The van der Waals surface area contributed by atoms with Gasteiger partial charge in [-0.3, -0.25) is 4.79 Å². The number of hydrogen-bond donors (Lipinski definition) is 1. The van der Waals surface area contributed by atoms with Crippen molar-refractivity contribution in [1.29, 1.82) is 0 Å². The quantitative estimate of drug-likeness (QED) is 0.409. The van der Waals surface area contributed by atoms with Gasteiger partial charge in [-0.1, -0.05) is 48.2 Å². The Hall–Kier alpha value is -2.97. The summed E-state index contributed by atoms with van der Waals surface area (Å²) in [5.41, 5.74) is 1.39. The van der Waals surface area contributed by atoms with E-state index in [4.69, 9.17) is 0 Å². The van der Waals surface area contributed by atoms with Gasteiger partial charge in [-0.05, 0) is 41.3 Å². The van der Waals surface area contributed by atoms with Crippen molar-refractivity contribution in [3.63, 3.8) is 0 Å². The van der Waals surface area contributed by atoms with E-state index in [9.17, 15) is 9.18 Å². The van der Waals surface area contributed by atoms with E-state index in [0.717, 1.165) is 11.4 Å². The van der Waals surface area contributed by atoms with Gasteiger partial charge in [0.1, 0.15) is 16.9 Å². The van der Waals surface area contributed by atoms with Crippen LogP contribution in [0.2, 0.25) is 0 Å². The van der Waals surface area contributed by atoms with Crippen LogP contribution >= 0.6 is 23.1 Å². The normalized spacial score (nSPS) is 11.9. The second-order valence-electron chi connectivity index (χ2n) is 6.62. The maximum Gasteiger partial charge on any atom is 0.242 e. The molecule has 0 saturated heterocycles. The Morgan fingerprint density at radius 1 is 1.10 bits per heavy atom. The molecule has 1 amide bonds. The molecule has 4 aromatic rings. The number of nitrogens with one attached hydrogen (secondary N) is 1. The van der Waals surface area contributed by atoms with Gasteiger partial charge in [0.15, 0.2) is 5.16 Å². The van der Waals surface area contributed by atoms with E-state index < -0.39 is 5.25 Å². The van der Waals surface area contributed by atoms with Crippen LogP contribution in [-0.4, -0.2) is 20.7 Å². The third kappa shape index (κ3) is 4.77. The first kappa shape index (κ1) is 20.3. The molecular formula is C22H19FN4OS2. The Labute approximate surface area is 182 Å². The van der Waals surface area contributed by atoms with Gasteiger partial charge in [0.05, 0.1) is 0 Å². The lowest BCUT2D eigenvalue weighted by Gasteiger charge is -2.16. The number of thiophene rings is 1. The Morgan fingerprint density at radius 3 is 2.57 bits per heavy atom. The molecule has 2 aromatic carbocycles. The van der Waals surface area contributed by atoms with Gasteiger partial charge in [0.2, 0.25) is 5.91 Å². The van der Waals surface area contributed by atoms with E-state index in [2.05, 4.69) is 21.6 Å². The lowest BCUT2D eigenvalue weighted by Crippen LogP contribution is -2.19. The van der Waals surface area contributed by atoms with Crippen LogP contribution in [0, 0.1) is 5.82 Å². The molecule has 0 fully saturated rings. The van der Waals surface area contributed by atoms with Gasteiger partial charge in [-0.15, -0.1) is 21.5 Å². The molecule has 1 N–H and O–H groups in total. The predicted octanol–water partition coefficient (Wildman–Crippen LogP) is 5.08. The molecule has 0 saturated carbocycles. The molecule has 0 unspecified atom stereocenters. The molecule has 0 bridgehead atoms. The van der Waals surface area contributed by atoms with Gasteiger partial charge >= 0.3 is 0 Å². The standard InChI is InChI=1S/C22H19FN4OS2/c1-27-19(14-18-8-5-13-29-18)25-26-22(27)30-20(15-6-3-2-4-7-15)21(28)24-17-11-9-16(23)10-12-17/h2-13,20H,14H2,1H3,(H,24,28)/t20-/m1/s1. The first-order valence-corrected chi connectivity index (χ1v) is 11.0. The van der Waals surface area contributed by atoms with Crippen LogP contribution in [0.1, 0.15) is 21.5 Å². The van der Waals surface area contributed by atoms with Crippen LogP contribution in [0.15, 0.2) is 77.3 Å². The number of nitrogens with zero attached hydrogens (tertiary/aromatic N) is 3. The Balaban J connectivity index is 1.57. The maximum absolute atomic E-state index is 13.2. The van der Waals surface area contributed by atoms with Crippen molar-refractivity contribution in [2.24, 2.45) is 7.05 Å². The monoisotopic (exact) mass is 438 g/mol. The largest absolute Gasteiger partial charge is 0.325 e. The first-order valence-electron chi connectivity index (χ1n) is 9.29. The highest BCUT2D eigenvalue weighted by Gasteiger charge is 2.25. The van der Waals surface area contributed by atoms with Crippen LogP contribution in [-0.2, 0) is 18.3 Å². The molecule has 0 aliphatic heterocycles. The van der Waals surface area contributed by atoms with Crippen molar-refractivity contribution in [2.75, 3.05) is 5.32 Å². The summed E-state index contributed by atoms with van der Waals surface area (Å²) >= 11 is 3.01. The highest BCUT2D eigenvalue weighted by atomic mass is 32.2. The first-order chi connectivity index (χ1) is 14.6. The third-order valence-corrected chi connectivity index (χ3v) is 6.68. The van der Waals surface area contributed by atoms with E-state index >= 15 is 0 Å². The molecule has 2 aromatic heterocycles. The zero-order valence-corrected chi connectivity index (χ0v) is 17.8. The van der Waals surface area contributed by atoms with Crippen molar-refractivity contribution in [1.82, 2.24) is 14.8 Å². The molecule has 2 heterocycles. The Bertz CT molecular complexity index is 1110. The van der Waals surface area contributed by atoms with Crippen LogP contribution in [0.5, 0.6) is 0 Å². The number of benzene rings is 2. The summed E-state index contributed by atoms with van der Waals surface area (Å²) < 4.78 is 15.1. The van der Waals surface area contributed by atoms with E-state index in [-0.39, 0.29) is 11.7 Å². The van der Waals surface area contributed by atoms with E-state index in [1.54, 1.807) is 23.5 Å². The molecule has 152 valence electrons. The summed E-state index contributed by atoms with van der Waals surface area (Å²) in [6, 6.07) is 19.3. The topological polar surface area (TPSA) is 59.8 Å². The smallest absolute Gasteiger partial charge is 0.242 e. The van der Waals surface area contributed by atoms with Crippen molar-refractivity contribution in [3.8, 4) is 0 Å². The Kier molecular flexibility index (Phi) is 6.25. The fraction of sp³-hybridized carbons (Fsp3) is 0.136. The zero-order chi connectivity index (χ0) is 20.9. The fourth-order valence-corrected chi connectivity index (χ4v) is 4.64. The minimum Gasteiger partial charge on any atom is -0.325 e. The number of aromatic nitrogens is 3. The molecule has 0 aliphatic rings. The van der Waals surface area contributed by atoms with E-state index in [1.807, 2.05) is 53.4 Å². The lowest BCUT2D eigenvalue weighted by molar-refractivity contribution is -0.115. The van der Waals surface area contributed by atoms with Gasteiger partial charge in [-0.2, -0.15) is 0 Å². The second-order valence-corrected chi connectivity index (χ2v) is 8.72. The molecule has 1 atom stereocenters. The number of amides is 1. The molecule has 8 heteroatoms. The minimum atomic E-state index is -0.534. The summed E-state index contributed by atoms with van der Waals surface area (Å²) in [7, 11) is 1.91. The highest BCUT2D eigenvalue weighted by Crippen LogP contribution is 2.35. The average molecular weight is 439 g/mol. The number of carbonyl (C=O) groups excluding carboxylic acids is 1. The van der Waals surface area contributed by atoms with Crippen LogP contribution in [0.3, 0.4) is 0 Å². The van der Waals surface area contributed by atoms with Crippen LogP contribution in [0.25, 0.3) is 0 Å². The summed E-state index contributed by atoms with van der Waals surface area (Å²) in [6.45, 7) is 0. The third-order valence-electron chi connectivity index (χ3n) is 4.51. The number of thioether (sulfide) groups is 1. The highest BCUT2D eigenvalue weighted by molar-refractivity contribution is 8.00. The molecule has 0 spiro atoms. The van der Waals surface area contributed by atoms with E-state index in [0.29, 0.717) is 17.3 Å².